The summed E-state index contributed by atoms with van der Waals surface area (Å²) in [4.78, 5) is 12.3. The number of rotatable bonds is 6. The molecule has 0 aliphatic rings. The Morgan fingerprint density at radius 1 is 1.29 bits per heavy atom. The molecule has 0 amide bonds. The molecular weight excluding hydrogens is 232 g/mol. The van der Waals surface area contributed by atoms with Crippen LogP contribution in [0.15, 0.2) is 41.3 Å². The normalized spacial score (nSPS) is 11.3. The molecule has 0 aliphatic heterocycles. The SMILES string of the molecule is CC/C=C(/SCc1ccccc1)C(=O)OCC. The first-order valence-corrected chi connectivity index (χ1v) is 6.80. The van der Waals surface area contributed by atoms with E-state index in [1.807, 2.05) is 38.1 Å². The molecule has 0 saturated carbocycles. The van der Waals surface area contributed by atoms with Crippen molar-refractivity contribution in [3.8, 4) is 0 Å². The number of hydrogen-bond donors (Lipinski definition) is 0. The first-order valence-electron chi connectivity index (χ1n) is 5.82. The van der Waals surface area contributed by atoms with Crippen LogP contribution in [0.2, 0.25) is 0 Å². The molecule has 1 aromatic carbocycles. The van der Waals surface area contributed by atoms with Crippen LogP contribution in [0.4, 0.5) is 0 Å². The van der Waals surface area contributed by atoms with E-state index in [2.05, 4.69) is 12.1 Å². The highest BCUT2D eigenvalue weighted by atomic mass is 32.2. The molecule has 0 spiro atoms. The minimum atomic E-state index is -0.213. The van der Waals surface area contributed by atoms with Gasteiger partial charge in [0, 0.05) is 5.75 Å². The second-order valence-corrected chi connectivity index (χ2v) is 4.49. The second-order valence-electron chi connectivity index (χ2n) is 3.47. The standard InChI is InChI=1S/C14H18O2S/c1-3-8-13(14(15)16-4-2)17-11-12-9-6-5-7-10-12/h5-10H,3-4,11H2,1-2H3/b13-8+. The van der Waals surface area contributed by atoms with Crippen LogP contribution in [0.3, 0.4) is 0 Å². The van der Waals surface area contributed by atoms with Gasteiger partial charge in [-0.3, -0.25) is 0 Å². The highest BCUT2D eigenvalue weighted by molar-refractivity contribution is 8.03. The number of allylic oxidation sites excluding steroid dienone is 1. The molecule has 0 radical (unpaired) electrons. The van der Waals surface area contributed by atoms with Crippen molar-refractivity contribution in [2.45, 2.75) is 26.0 Å². The van der Waals surface area contributed by atoms with Crippen molar-refractivity contribution >= 4 is 17.7 Å². The number of hydrogen-bond acceptors (Lipinski definition) is 3. The third-order valence-corrected chi connectivity index (χ3v) is 3.23. The lowest BCUT2D eigenvalue weighted by molar-refractivity contribution is -0.137. The highest BCUT2D eigenvalue weighted by Gasteiger charge is 2.10. The molecule has 3 heteroatoms. The fourth-order valence-electron chi connectivity index (χ4n) is 1.32. The minimum Gasteiger partial charge on any atom is -0.462 e. The van der Waals surface area contributed by atoms with Gasteiger partial charge in [-0.2, -0.15) is 0 Å². The lowest BCUT2D eigenvalue weighted by Gasteiger charge is -2.06. The molecular formula is C14H18O2S. The fraction of sp³-hybridized carbons (Fsp3) is 0.357. The van der Waals surface area contributed by atoms with Crippen LogP contribution in [-0.2, 0) is 15.3 Å². The van der Waals surface area contributed by atoms with Gasteiger partial charge in [0.25, 0.3) is 0 Å². The lowest BCUT2D eigenvalue weighted by atomic mass is 10.2. The summed E-state index contributed by atoms with van der Waals surface area (Å²) in [6.07, 6.45) is 2.77. The number of thioether (sulfide) groups is 1. The lowest BCUT2D eigenvalue weighted by Crippen LogP contribution is -2.05. The summed E-state index contributed by atoms with van der Waals surface area (Å²) in [6, 6.07) is 10.1. The summed E-state index contributed by atoms with van der Waals surface area (Å²) in [5.74, 6) is 0.584. The Morgan fingerprint density at radius 3 is 2.59 bits per heavy atom. The van der Waals surface area contributed by atoms with Crippen molar-refractivity contribution < 1.29 is 9.53 Å². The summed E-state index contributed by atoms with van der Waals surface area (Å²) >= 11 is 1.53. The molecule has 0 atom stereocenters. The molecule has 2 nitrogen and oxygen atoms in total. The average molecular weight is 250 g/mol. The predicted molar refractivity (Wildman–Crippen MR) is 72.7 cm³/mol. The van der Waals surface area contributed by atoms with Crippen LogP contribution in [0.1, 0.15) is 25.8 Å². The van der Waals surface area contributed by atoms with Crippen LogP contribution in [-0.4, -0.2) is 12.6 Å². The summed E-state index contributed by atoms with van der Waals surface area (Å²) in [7, 11) is 0. The Hall–Kier alpha value is -1.22. The Bertz CT molecular complexity index is 371. The Morgan fingerprint density at radius 2 is 2.00 bits per heavy atom. The van der Waals surface area contributed by atoms with Gasteiger partial charge >= 0.3 is 5.97 Å². The molecule has 0 bridgehead atoms. The monoisotopic (exact) mass is 250 g/mol. The average Bonchev–Trinajstić information content (AvgIpc) is 2.36. The van der Waals surface area contributed by atoms with Gasteiger partial charge in [0.05, 0.1) is 11.5 Å². The maximum Gasteiger partial charge on any atom is 0.344 e. The van der Waals surface area contributed by atoms with E-state index in [-0.39, 0.29) is 5.97 Å². The number of ether oxygens (including phenoxy) is 1. The summed E-state index contributed by atoms with van der Waals surface area (Å²) < 4.78 is 5.02. The van der Waals surface area contributed by atoms with E-state index in [0.717, 1.165) is 12.2 Å². The summed E-state index contributed by atoms with van der Waals surface area (Å²) in [6.45, 7) is 4.26. The molecule has 0 saturated heterocycles. The molecule has 0 aliphatic carbocycles. The topological polar surface area (TPSA) is 26.3 Å². The van der Waals surface area contributed by atoms with Gasteiger partial charge in [-0.25, -0.2) is 4.79 Å². The quantitative estimate of drug-likeness (QED) is 0.568. The number of carbonyl (C=O) groups excluding carboxylic acids is 1. The van der Waals surface area contributed by atoms with Crippen molar-refractivity contribution in [3.63, 3.8) is 0 Å². The number of benzene rings is 1. The van der Waals surface area contributed by atoms with E-state index in [9.17, 15) is 4.79 Å². The van der Waals surface area contributed by atoms with E-state index < -0.39 is 0 Å². The molecule has 17 heavy (non-hydrogen) atoms. The van der Waals surface area contributed by atoms with Crippen molar-refractivity contribution in [2.75, 3.05) is 6.61 Å². The molecule has 0 N–H and O–H groups in total. The van der Waals surface area contributed by atoms with Gasteiger partial charge in [0.2, 0.25) is 0 Å². The van der Waals surface area contributed by atoms with Gasteiger partial charge in [0.1, 0.15) is 0 Å². The Labute approximate surface area is 107 Å². The van der Waals surface area contributed by atoms with Crippen molar-refractivity contribution in [1.29, 1.82) is 0 Å². The molecule has 1 aromatic rings. The Balaban J connectivity index is 2.57. The molecule has 92 valence electrons. The zero-order valence-corrected chi connectivity index (χ0v) is 11.1. The molecule has 1 rings (SSSR count). The van der Waals surface area contributed by atoms with Crippen molar-refractivity contribution in [1.82, 2.24) is 0 Å². The van der Waals surface area contributed by atoms with E-state index >= 15 is 0 Å². The van der Waals surface area contributed by atoms with Gasteiger partial charge in [-0.15, -0.1) is 11.8 Å². The van der Waals surface area contributed by atoms with E-state index in [0.29, 0.717) is 11.5 Å². The maximum absolute atomic E-state index is 11.6. The highest BCUT2D eigenvalue weighted by Crippen LogP contribution is 2.22. The molecule has 0 aromatic heterocycles. The van der Waals surface area contributed by atoms with Crippen LogP contribution in [0.5, 0.6) is 0 Å². The van der Waals surface area contributed by atoms with E-state index in [1.54, 1.807) is 0 Å². The van der Waals surface area contributed by atoms with Crippen molar-refractivity contribution in [2.24, 2.45) is 0 Å². The Kier molecular flexibility index (Phi) is 6.48. The zero-order chi connectivity index (χ0) is 12.5. The maximum atomic E-state index is 11.6. The third-order valence-electron chi connectivity index (χ3n) is 2.10. The fourth-order valence-corrected chi connectivity index (χ4v) is 2.30. The predicted octanol–water partition coefficient (Wildman–Crippen LogP) is 3.78. The minimum absolute atomic E-state index is 0.213. The summed E-state index contributed by atoms with van der Waals surface area (Å²) in [5, 5.41) is 0. The van der Waals surface area contributed by atoms with Gasteiger partial charge in [0.15, 0.2) is 0 Å². The van der Waals surface area contributed by atoms with Crippen LogP contribution in [0.25, 0.3) is 0 Å². The first kappa shape index (κ1) is 13.8. The smallest absolute Gasteiger partial charge is 0.344 e. The van der Waals surface area contributed by atoms with E-state index in [4.69, 9.17) is 4.74 Å². The summed E-state index contributed by atoms with van der Waals surface area (Å²) in [5.41, 5.74) is 1.21. The second kappa shape index (κ2) is 7.96. The first-order chi connectivity index (χ1) is 8.27. The van der Waals surface area contributed by atoms with Crippen LogP contribution >= 0.6 is 11.8 Å². The molecule has 0 heterocycles. The number of esters is 1. The van der Waals surface area contributed by atoms with Crippen LogP contribution < -0.4 is 0 Å². The molecule has 0 fully saturated rings. The zero-order valence-electron chi connectivity index (χ0n) is 10.3. The third kappa shape index (κ3) is 5.09. The van der Waals surface area contributed by atoms with Gasteiger partial charge in [-0.05, 0) is 18.9 Å². The van der Waals surface area contributed by atoms with Crippen molar-refractivity contribution in [3.05, 3.63) is 46.9 Å². The van der Waals surface area contributed by atoms with Crippen LogP contribution in [0, 0.1) is 0 Å². The van der Waals surface area contributed by atoms with Gasteiger partial charge < -0.3 is 4.74 Å². The van der Waals surface area contributed by atoms with E-state index in [1.165, 1.54) is 17.3 Å². The number of carbonyl (C=O) groups is 1. The molecule has 0 unspecified atom stereocenters. The van der Waals surface area contributed by atoms with Gasteiger partial charge in [-0.1, -0.05) is 43.3 Å². The largest absolute Gasteiger partial charge is 0.462 e.